The van der Waals surface area contributed by atoms with Crippen molar-refractivity contribution < 1.29 is 15.6 Å². The van der Waals surface area contributed by atoms with Gasteiger partial charge in [-0.1, -0.05) is 0 Å². The molecule has 0 N–H and O–H groups in total. The molecule has 0 atom stereocenters. The SMILES string of the molecule is ClC[CH]=[Fe]. The van der Waals surface area contributed by atoms with Gasteiger partial charge in [-0.2, -0.15) is 0 Å². The van der Waals surface area contributed by atoms with E-state index in [0.29, 0.717) is 5.88 Å². The molecule has 0 spiro atoms. The molecule has 0 bridgehead atoms. The first-order valence-corrected chi connectivity index (χ1v) is 2.05. The zero-order chi connectivity index (χ0) is 3.41. The first-order chi connectivity index (χ1) is 1.91. The van der Waals surface area contributed by atoms with Gasteiger partial charge in [-0.25, -0.2) is 0 Å². The number of rotatable bonds is 1. The van der Waals surface area contributed by atoms with Gasteiger partial charge in [0.1, 0.15) is 0 Å². The summed E-state index contributed by atoms with van der Waals surface area (Å²) in [6.07, 6.45) is 0. The molecule has 0 aromatic heterocycles. The van der Waals surface area contributed by atoms with Gasteiger partial charge in [-0.3, -0.25) is 0 Å². The van der Waals surface area contributed by atoms with Crippen molar-refractivity contribution in [3.8, 4) is 0 Å². The van der Waals surface area contributed by atoms with E-state index in [1.807, 2.05) is 0 Å². The molecule has 0 rings (SSSR count). The van der Waals surface area contributed by atoms with Gasteiger partial charge >= 0.3 is 38.0 Å². The third-order valence-corrected chi connectivity index (χ3v) is 0.675. The van der Waals surface area contributed by atoms with Gasteiger partial charge in [0.05, 0.1) is 0 Å². The quantitative estimate of drug-likeness (QED) is 0.349. The van der Waals surface area contributed by atoms with Crippen molar-refractivity contribution in [2.24, 2.45) is 0 Å². The Hall–Kier alpha value is 0.679. The molecule has 0 saturated heterocycles. The molecule has 0 aliphatic rings. The van der Waals surface area contributed by atoms with Crippen LogP contribution in [0.3, 0.4) is 0 Å². The number of hydrogen-bond donors (Lipinski definition) is 0. The van der Waals surface area contributed by atoms with Crippen molar-refractivity contribution in [1.29, 1.82) is 0 Å². The molecular formula is C2H3ClFe. The Labute approximate surface area is 38.5 Å². The van der Waals surface area contributed by atoms with Crippen molar-refractivity contribution in [3.63, 3.8) is 0 Å². The average Bonchev–Trinajstić information content (AvgIpc) is 1.37. The van der Waals surface area contributed by atoms with Crippen LogP contribution in [0.25, 0.3) is 0 Å². The normalized spacial score (nSPS) is 6.50. The molecule has 0 radical (unpaired) electrons. The molecule has 0 aliphatic heterocycles. The summed E-state index contributed by atoms with van der Waals surface area (Å²) < 4.78 is 0. The molecule has 26 valence electrons. The zero-order valence-electron chi connectivity index (χ0n) is 2.02. The van der Waals surface area contributed by atoms with Crippen LogP contribution in [-0.4, -0.2) is 10.8 Å². The predicted octanol–water partition coefficient (Wildman–Crippen LogP) is 0.574. The van der Waals surface area contributed by atoms with Crippen LogP contribution in [0.15, 0.2) is 0 Å². The molecular weight excluding hydrogens is 115 g/mol. The second-order valence-corrected chi connectivity index (χ2v) is 1.06. The first kappa shape index (κ1) is 4.68. The van der Waals surface area contributed by atoms with Crippen molar-refractivity contribution in [1.82, 2.24) is 0 Å². The van der Waals surface area contributed by atoms with Crippen LogP contribution >= 0.6 is 11.6 Å². The van der Waals surface area contributed by atoms with Crippen LogP contribution in [0.4, 0.5) is 0 Å². The van der Waals surface area contributed by atoms with Crippen LogP contribution in [0, 0.1) is 0 Å². The summed E-state index contributed by atoms with van der Waals surface area (Å²) in [5.74, 6) is 0.556. The number of halogens is 1. The summed E-state index contributed by atoms with van der Waals surface area (Å²) in [5.41, 5.74) is 0. The van der Waals surface area contributed by atoms with Crippen LogP contribution < -0.4 is 0 Å². The Morgan fingerprint density at radius 1 is 2.00 bits per heavy atom. The van der Waals surface area contributed by atoms with E-state index in [0.717, 1.165) is 0 Å². The average molecular weight is 118 g/mol. The van der Waals surface area contributed by atoms with E-state index < -0.39 is 0 Å². The van der Waals surface area contributed by atoms with E-state index in [2.05, 4.69) is 15.6 Å². The Balaban J connectivity index is 2.30. The molecule has 0 nitrogen and oxygen atoms in total. The molecule has 2 heteroatoms. The van der Waals surface area contributed by atoms with E-state index in [4.69, 9.17) is 11.6 Å². The maximum atomic E-state index is 5.07. The zero-order valence-corrected chi connectivity index (χ0v) is 3.88. The molecule has 0 aromatic carbocycles. The fourth-order valence-corrected chi connectivity index (χ4v) is 0. The van der Waals surface area contributed by atoms with Crippen molar-refractivity contribution >= 4 is 16.5 Å². The molecule has 0 unspecified atom stereocenters. The molecule has 0 heterocycles. The van der Waals surface area contributed by atoms with Crippen molar-refractivity contribution in [3.05, 3.63) is 0 Å². The molecule has 0 saturated carbocycles. The minimum absolute atomic E-state index is 0.556. The maximum absolute atomic E-state index is 5.07. The monoisotopic (exact) mass is 118 g/mol. The Morgan fingerprint density at radius 2 is 2.25 bits per heavy atom. The summed E-state index contributed by atoms with van der Waals surface area (Å²) in [7, 11) is 0. The summed E-state index contributed by atoms with van der Waals surface area (Å²) in [6, 6.07) is 0. The van der Waals surface area contributed by atoms with Gasteiger partial charge in [0, 0.05) is 0 Å². The summed E-state index contributed by atoms with van der Waals surface area (Å²) in [4.78, 5) is 1.64. The van der Waals surface area contributed by atoms with E-state index in [-0.39, 0.29) is 0 Å². The van der Waals surface area contributed by atoms with Gasteiger partial charge in [-0.15, -0.1) is 0 Å². The van der Waals surface area contributed by atoms with E-state index in [1.165, 1.54) is 0 Å². The standard InChI is InChI=1S/C2H3Cl.Fe/c1-2-3;/h1H,2H2;. The molecule has 4 heavy (non-hydrogen) atoms. The number of alkyl halides is 1. The van der Waals surface area contributed by atoms with Gasteiger partial charge < -0.3 is 0 Å². The van der Waals surface area contributed by atoms with E-state index in [9.17, 15) is 0 Å². The number of hydrogen-bond acceptors (Lipinski definition) is 0. The first-order valence-electron chi connectivity index (χ1n) is 0.880. The van der Waals surface area contributed by atoms with Crippen LogP contribution in [0.2, 0.25) is 0 Å². The fraction of sp³-hybridized carbons (Fsp3) is 0.500. The van der Waals surface area contributed by atoms with Crippen LogP contribution in [-0.2, 0) is 15.6 Å². The second-order valence-electron chi connectivity index (χ2n) is 0.299. The third-order valence-electron chi connectivity index (χ3n) is 0.0546. The topological polar surface area (TPSA) is 0 Å². The third kappa shape index (κ3) is 2.68. The predicted molar refractivity (Wildman–Crippen MR) is 16.8 cm³/mol. The molecule has 0 aromatic rings. The molecule has 0 aliphatic carbocycles. The summed E-state index contributed by atoms with van der Waals surface area (Å²) >= 11 is 8.42. The minimum atomic E-state index is 0.556. The van der Waals surface area contributed by atoms with Gasteiger partial charge in [0.2, 0.25) is 0 Å². The van der Waals surface area contributed by atoms with E-state index >= 15 is 0 Å². The summed E-state index contributed by atoms with van der Waals surface area (Å²) in [6.45, 7) is 0. The van der Waals surface area contributed by atoms with Crippen molar-refractivity contribution in [2.75, 3.05) is 5.88 Å². The van der Waals surface area contributed by atoms with Gasteiger partial charge in [0.25, 0.3) is 0 Å². The van der Waals surface area contributed by atoms with Crippen LogP contribution in [0.5, 0.6) is 0 Å². The Morgan fingerprint density at radius 3 is 2.25 bits per heavy atom. The Bertz CT molecular complexity index is 20.0. The van der Waals surface area contributed by atoms with Gasteiger partial charge in [-0.05, 0) is 0 Å². The van der Waals surface area contributed by atoms with Crippen LogP contribution in [0.1, 0.15) is 0 Å². The Kier molecular flexibility index (Phi) is 4.30. The van der Waals surface area contributed by atoms with E-state index in [1.54, 1.807) is 4.92 Å². The van der Waals surface area contributed by atoms with Gasteiger partial charge in [0.15, 0.2) is 0 Å². The molecule has 0 fully saturated rings. The fourth-order valence-electron chi connectivity index (χ4n) is 0. The summed E-state index contributed by atoms with van der Waals surface area (Å²) in [5, 5.41) is 0. The van der Waals surface area contributed by atoms with Crippen molar-refractivity contribution in [2.45, 2.75) is 0 Å². The second kappa shape index (κ2) is 3.68. The molecule has 0 amide bonds.